The third-order valence-corrected chi connectivity index (χ3v) is 4.80. The number of hydrogen-bond acceptors (Lipinski definition) is 2. The minimum absolute atomic E-state index is 0.159. The molecule has 2 amide bonds. The molecule has 0 aromatic heterocycles. The van der Waals surface area contributed by atoms with Crippen molar-refractivity contribution in [3.63, 3.8) is 0 Å². The number of carbonyl (C=O) groups is 2. The summed E-state index contributed by atoms with van der Waals surface area (Å²) in [5.41, 5.74) is -0.457. The first-order chi connectivity index (χ1) is 13.7. The molecule has 1 saturated heterocycles. The predicted molar refractivity (Wildman–Crippen MR) is 98.4 cm³/mol. The number of alkyl halides is 3. The summed E-state index contributed by atoms with van der Waals surface area (Å²) in [7, 11) is 0. The SMILES string of the molecule is O=C(NC1CCCCN(Cc2cccc(F)c2)C1=O)c1cccc(C(F)(F)F)c1. The number of nitrogens with zero attached hydrogens (tertiary/aromatic N) is 1. The van der Waals surface area contributed by atoms with E-state index in [2.05, 4.69) is 5.32 Å². The Labute approximate surface area is 165 Å². The highest BCUT2D eigenvalue weighted by Crippen LogP contribution is 2.29. The van der Waals surface area contributed by atoms with Gasteiger partial charge in [-0.2, -0.15) is 13.2 Å². The molecule has 1 fully saturated rings. The Bertz CT molecular complexity index is 898. The van der Waals surface area contributed by atoms with Crippen molar-refractivity contribution in [2.75, 3.05) is 6.54 Å². The first kappa shape index (κ1) is 20.8. The van der Waals surface area contributed by atoms with Crippen molar-refractivity contribution in [1.82, 2.24) is 10.2 Å². The van der Waals surface area contributed by atoms with Crippen molar-refractivity contribution in [3.8, 4) is 0 Å². The Balaban J connectivity index is 1.72. The van der Waals surface area contributed by atoms with Gasteiger partial charge in [0.15, 0.2) is 0 Å². The van der Waals surface area contributed by atoms with Crippen LogP contribution < -0.4 is 5.32 Å². The van der Waals surface area contributed by atoms with E-state index in [1.54, 1.807) is 17.0 Å². The average molecular weight is 408 g/mol. The summed E-state index contributed by atoms with van der Waals surface area (Å²) in [6, 6.07) is 9.15. The molecule has 8 heteroatoms. The minimum Gasteiger partial charge on any atom is -0.340 e. The summed E-state index contributed by atoms with van der Waals surface area (Å²) in [5, 5.41) is 2.56. The van der Waals surface area contributed by atoms with Gasteiger partial charge >= 0.3 is 6.18 Å². The van der Waals surface area contributed by atoms with Gasteiger partial charge in [0.1, 0.15) is 11.9 Å². The Morgan fingerprint density at radius 2 is 1.86 bits per heavy atom. The van der Waals surface area contributed by atoms with Gasteiger partial charge in [0.2, 0.25) is 5.91 Å². The minimum atomic E-state index is -4.56. The molecule has 2 aromatic rings. The topological polar surface area (TPSA) is 49.4 Å². The first-order valence-corrected chi connectivity index (χ1v) is 9.25. The van der Waals surface area contributed by atoms with Gasteiger partial charge in [0, 0.05) is 18.7 Å². The lowest BCUT2D eigenvalue weighted by Crippen LogP contribution is -2.47. The average Bonchev–Trinajstić information content (AvgIpc) is 2.83. The summed E-state index contributed by atoms with van der Waals surface area (Å²) < 4.78 is 52.0. The van der Waals surface area contributed by atoms with Gasteiger partial charge in [0.05, 0.1) is 5.56 Å². The zero-order valence-corrected chi connectivity index (χ0v) is 15.5. The van der Waals surface area contributed by atoms with Gasteiger partial charge in [-0.05, 0) is 55.2 Å². The molecule has 154 valence electrons. The van der Waals surface area contributed by atoms with Crippen LogP contribution in [-0.4, -0.2) is 29.3 Å². The molecule has 29 heavy (non-hydrogen) atoms. The fraction of sp³-hybridized carbons (Fsp3) is 0.333. The van der Waals surface area contributed by atoms with Crippen LogP contribution in [0.15, 0.2) is 48.5 Å². The van der Waals surface area contributed by atoms with Crippen LogP contribution in [0.25, 0.3) is 0 Å². The van der Waals surface area contributed by atoms with Crippen molar-refractivity contribution in [3.05, 3.63) is 71.0 Å². The van der Waals surface area contributed by atoms with Crippen molar-refractivity contribution in [2.24, 2.45) is 0 Å². The number of benzene rings is 2. The van der Waals surface area contributed by atoms with Gasteiger partial charge in [-0.25, -0.2) is 4.39 Å². The Hall–Kier alpha value is -2.90. The molecule has 2 aromatic carbocycles. The lowest BCUT2D eigenvalue weighted by Gasteiger charge is -2.25. The first-order valence-electron chi connectivity index (χ1n) is 9.25. The maximum atomic E-state index is 13.4. The second-order valence-corrected chi connectivity index (χ2v) is 6.99. The summed E-state index contributed by atoms with van der Waals surface area (Å²) in [4.78, 5) is 26.9. The molecular weight excluding hydrogens is 388 g/mol. The molecule has 0 bridgehead atoms. The number of rotatable bonds is 4. The number of carbonyl (C=O) groups excluding carboxylic acids is 2. The van der Waals surface area contributed by atoms with Crippen LogP contribution in [0.1, 0.15) is 40.7 Å². The summed E-state index contributed by atoms with van der Waals surface area (Å²) in [6.07, 6.45) is -2.77. The molecule has 3 rings (SSSR count). The van der Waals surface area contributed by atoms with Crippen LogP contribution in [-0.2, 0) is 17.5 Å². The van der Waals surface area contributed by atoms with Gasteiger partial charge in [-0.3, -0.25) is 9.59 Å². The lowest BCUT2D eigenvalue weighted by molar-refractivity contribution is -0.137. The molecule has 1 aliphatic rings. The van der Waals surface area contributed by atoms with Gasteiger partial charge in [-0.1, -0.05) is 18.2 Å². The van der Waals surface area contributed by atoms with Crippen LogP contribution >= 0.6 is 0 Å². The molecule has 1 atom stereocenters. The fourth-order valence-electron chi connectivity index (χ4n) is 3.33. The van der Waals surface area contributed by atoms with Crippen molar-refractivity contribution in [1.29, 1.82) is 0 Å². The summed E-state index contributed by atoms with van der Waals surface area (Å²) in [5.74, 6) is -1.46. The van der Waals surface area contributed by atoms with E-state index in [1.165, 1.54) is 18.2 Å². The van der Waals surface area contributed by atoms with Crippen LogP contribution in [0.2, 0.25) is 0 Å². The highest BCUT2D eigenvalue weighted by Gasteiger charge is 2.32. The van der Waals surface area contributed by atoms with Gasteiger partial charge in [0.25, 0.3) is 5.91 Å². The Kier molecular flexibility index (Phi) is 6.20. The highest BCUT2D eigenvalue weighted by molar-refractivity contribution is 5.97. The van der Waals surface area contributed by atoms with E-state index in [0.29, 0.717) is 24.9 Å². The van der Waals surface area contributed by atoms with E-state index in [1.807, 2.05) is 0 Å². The number of likely N-dealkylation sites (tertiary alicyclic amines) is 1. The van der Waals surface area contributed by atoms with Crippen molar-refractivity contribution < 1.29 is 27.2 Å². The Morgan fingerprint density at radius 1 is 1.10 bits per heavy atom. The number of nitrogens with one attached hydrogen (secondary N) is 1. The summed E-state index contributed by atoms with van der Waals surface area (Å²) in [6.45, 7) is 0.664. The van der Waals surface area contributed by atoms with Crippen molar-refractivity contribution >= 4 is 11.8 Å². The molecular formula is C21H20F4N2O2. The van der Waals surface area contributed by atoms with Crippen LogP contribution in [0, 0.1) is 5.82 Å². The molecule has 0 radical (unpaired) electrons. The van der Waals surface area contributed by atoms with Crippen LogP contribution in [0.5, 0.6) is 0 Å². The van der Waals surface area contributed by atoms with E-state index in [0.717, 1.165) is 24.6 Å². The largest absolute Gasteiger partial charge is 0.416 e. The Morgan fingerprint density at radius 3 is 2.59 bits per heavy atom. The lowest BCUT2D eigenvalue weighted by atomic mass is 10.1. The van der Waals surface area contributed by atoms with Crippen LogP contribution in [0.4, 0.5) is 17.6 Å². The van der Waals surface area contributed by atoms with E-state index >= 15 is 0 Å². The maximum absolute atomic E-state index is 13.4. The second-order valence-electron chi connectivity index (χ2n) is 6.99. The third-order valence-electron chi connectivity index (χ3n) is 4.80. The normalized spacial score (nSPS) is 17.7. The van der Waals surface area contributed by atoms with Crippen molar-refractivity contribution in [2.45, 2.75) is 38.0 Å². The van der Waals surface area contributed by atoms with E-state index < -0.39 is 29.5 Å². The molecule has 4 nitrogen and oxygen atoms in total. The highest BCUT2D eigenvalue weighted by atomic mass is 19.4. The number of halogens is 4. The predicted octanol–water partition coefficient (Wildman–Crippen LogP) is 4.16. The fourth-order valence-corrected chi connectivity index (χ4v) is 3.33. The van der Waals surface area contributed by atoms with Gasteiger partial charge in [-0.15, -0.1) is 0 Å². The summed E-state index contributed by atoms with van der Waals surface area (Å²) >= 11 is 0. The second kappa shape index (κ2) is 8.63. The van der Waals surface area contributed by atoms with E-state index in [-0.39, 0.29) is 18.0 Å². The molecule has 0 aliphatic carbocycles. The quantitative estimate of drug-likeness (QED) is 0.773. The monoisotopic (exact) mass is 408 g/mol. The molecule has 1 aliphatic heterocycles. The van der Waals surface area contributed by atoms with Crippen LogP contribution in [0.3, 0.4) is 0 Å². The standard InChI is InChI=1S/C21H20F4N2O2/c22-17-8-3-5-14(11-17)13-27-10-2-1-9-18(20(27)29)26-19(28)15-6-4-7-16(12-15)21(23,24)25/h3-8,11-12,18H,1-2,9-10,13H2,(H,26,28). The molecule has 0 saturated carbocycles. The van der Waals surface area contributed by atoms with E-state index in [4.69, 9.17) is 0 Å². The zero-order chi connectivity index (χ0) is 21.0. The molecule has 0 spiro atoms. The molecule has 1 N–H and O–H groups in total. The smallest absolute Gasteiger partial charge is 0.340 e. The maximum Gasteiger partial charge on any atom is 0.416 e. The number of hydrogen-bond donors (Lipinski definition) is 1. The third kappa shape index (κ3) is 5.34. The molecule has 1 heterocycles. The van der Waals surface area contributed by atoms with Gasteiger partial charge < -0.3 is 10.2 Å². The zero-order valence-electron chi connectivity index (χ0n) is 15.5. The number of amides is 2. The van der Waals surface area contributed by atoms with E-state index in [9.17, 15) is 27.2 Å². The molecule has 1 unspecified atom stereocenters.